The summed E-state index contributed by atoms with van der Waals surface area (Å²) in [5.41, 5.74) is 1.55. The molecule has 0 aromatic rings. The minimum absolute atomic E-state index is 0.184. The van der Waals surface area contributed by atoms with Gasteiger partial charge in [0.1, 0.15) is 0 Å². The lowest BCUT2D eigenvalue weighted by atomic mass is 9.73. The van der Waals surface area contributed by atoms with E-state index in [1.807, 2.05) is 6.08 Å². The highest BCUT2D eigenvalue weighted by atomic mass is 16.1. The summed E-state index contributed by atoms with van der Waals surface area (Å²) in [5, 5.41) is 0. The first-order chi connectivity index (χ1) is 6.44. The van der Waals surface area contributed by atoms with Crippen LogP contribution in [0.25, 0.3) is 0 Å². The Kier molecular flexibility index (Phi) is 3.52. The summed E-state index contributed by atoms with van der Waals surface area (Å²) in [5.74, 6) is 0.905. The van der Waals surface area contributed by atoms with Crippen LogP contribution >= 0.6 is 0 Å². The first-order valence-corrected chi connectivity index (χ1v) is 5.68. The van der Waals surface area contributed by atoms with Crippen molar-refractivity contribution in [2.75, 3.05) is 0 Å². The molecule has 0 amide bonds. The van der Waals surface area contributed by atoms with E-state index in [9.17, 15) is 4.79 Å². The third-order valence-corrected chi connectivity index (χ3v) is 3.04. The summed E-state index contributed by atoms with van der Waals surface area (Å²) in [7, 11) is 0. The Morgan fingerprint density at radius 3 is 2.57 bits per heavy atom. The molecule has 1 atom stereocenters. The van der Waals surface area contributed by atoms with Crippen LogP contribution in [-0.4, -0.2) is 5.78 Å². The van der Waals surface area contributed by atoms with E-state index in [0.29, 0.717) is 11.7 Å². The van der Waals surface area contributed by atoms with Gasteiger partial charge in [0, 0.05) is 6.42 Å². The van der Waals surface area contributed by atoms with Gasteiger partial charge in [0.25, 0.3) is 0 Å². The maximum absolute atomic E-state index is 11.5. The van der Waals surface area contributed by atoms with Crippen molar-refractivity contribution in [2.24, 2.45) is 11.3 Å². The number of hydrogen-bond donors (Lipinski definition) is 0. The molecule has 14 heavy (non-hydrogen) atoms. The summed E-state index contributed by atoms with van der Waals surface area (Å²) >= 11 is 0. The average molecular weight is 194 g/mol. The van der Waals surface area contributed by atoms with Crippen molar-refractivity contribution in [2.45, 2.75) is 53.4 Å². The second-order valence-corrected chi connectivity index (χ2v) is 5.39. The van der Waals surface area contributed by atoms with Gasteiger partial charge in [-0.2, -0.15) is 0 Å². The molecule has 1 unspecified atom stereocenters. The quantitative estimate of drug-likeness (QED) is 0.669. The van der Waals surface area contributed by atoms with Gasteiger partial charge in [-0.3, -0.25) is 4.79 Å². The predicted octanol–water partition coefficient (Wildman–Crippen LogP) is 3.74. The van der Waals surface area contributed by atoms with Crippen LogP contribution < -0.4 is 0 Å². The molecule has 0 N–H and O–H groups in total. The van der Waals surface area contributed by atoms with Crippen LogP contribution in [0.1, 0.15) is 53.4 Å². The van der Waals surface area contributed by atoms with Crippen LogP contribution in [-0.2, 0) is 4.79 Å². The van der Waals surface area contributed by atoms with Crippen molar-refractivity contribution in [1.82, 2.24) is 0 Å². The Morgan fingerprint density at radius 1 is 1.43 bits per heavy atom. The van der Waals surface area contributed by atoms with Gasteiger partial charge < -0.3 is 0 Å². The number of hydrogen-bond acceptors (Lipinski definition) is 1. The molecule has 0 spiro atoms. The Bertz CT molecular complexity index is 248. The minimum atomic E-state index is 0.184. The summed E-state index contributed by atoms with van der Waals surface area (Å²) in [6, 6.07) is 0. The van der Waals surface area contributed by atoms with E-state index >= 15 is 0 Å². The molecule has 1 nitrogen and oxygen atoms in total. The van der Waals surface area contributed by atoms with E-state index in [1.165, 1.54) is 18.4 Å². The van der Waals surface area contributed by atoms with Crippen molar-refractivity contribution in [3.05, 3.63) is 11.6 Å². The zero-order valence-electron chi connectivity index (χ0n) is 9.89. The SMILES string of the molecule is CCCC(C)C1=CC(=O)CC(C)(C)C1. The number of allylic oxidation sites excluding steroid dienone is 2. The van der Waals surface area contributed by atoms with Gasteiger partial charge in [-0.15, -0.1) is 0 Å². The Labute approximate surface area is 87.6 Å². The van der Waals surface area contributed by atoms with Gasteiger partial charge >= 0.3 is 0 Å². The van der Waals surface area contributed by atoms with Crippen LogP contribution in [0, 0.1) is 11.3 Å². The monoisotopic (exact) mass is 194 g/mol. The number of carbonyl (C=O) groups excluding carboxylic acids is 1. The van der Waals surface area contributed by atoms with Crippen molar-refractivity contribution in [3.63, 3.8) is 0 Å². The maximum Gasteiger partial charge on any atom is 0.156 e. The fourth-order valence-electron chi connectivity index (χ4n) is 2.33. The number of ketones is 1. The molecule has 0 aliphatic heterocycles. The molecule has 0 saturated heterocycles. The van der Waals surface area contributed by atoms with Gasteiger partial charge in [0.15, 0.2) is 5.78 Å². The van der Waals surface area contributed by atoms with E-state index in [2.05, 4.69) is 27.7 Å². The first-order valence-electron chi connectivity index (χ1n) is 5.68. The zero-order chi connectivity index (χ0) is 10.8. The smallest absolute Gasteiger partial charge is 0.156 e. The lowest BCUT2D eigenvalue weighted by Crippen LogP contribution is -2.24. The average Bonchev–Trinajstić information content (AvgIpc) is 2.00. The molecule has 0 radical (unpaired) electrons. The summed E-state index contributed by atoms with van der Waals surface area (Å²) in [6.45, 7) is 8.82. The number of carbonyl (C=O) groups is 1. The zero-order valence-corrected chi connectivity index (χ0v) is 9.89. The molecule has 1 aliphatic carbocycles. The van der Waals surface area contributed by atoms with Gasteiger partial charge in [0.2, 0.25) is 0 Å². The molecule has 80 valence electrons. The van der Waals surface area contributed by atoms with E-state index in [1.54, 1.807) is 0 Å². The molecular weight excluding hydrogens is 172 g/mol. The van der Waals surface area contributed by atoms with E-state index in [-0.39, 0.29) is 5.41 Å². The van der Waals surface area contributed by atoms with Crippen LogP contribution in [0.4, 0.5) is 0 Å². The highest BCUT2D eigenvalue weighted by Crippen LogP contribution is 2.37. The summed E-state index contributed by atoms with van der Waals surface area (Å²) < 4.78 is 0. The molecule has 0 aromatic heterocycles. The van der Waals surface area contributed by atoms with E-state index < -0.39 is 0 Å². The lowest BCUT2D eigenvalue weighted by molar-refractivity contribution is -0.117. The molecule has 0 fully saturated rings. The molecule has 0 bridgehead atoms. The first kappa shape index (κ1) is 11.5. The van der Waals surface area contributed by atoms with Gasteiger partial charge in [0.05, 0.1) is 0 Å². The molecule has 1 heteroatoms. The van der Waals surface area contributed by atoms with Gasteiger partial charge in [-0.05, 0) is 30.3 Å². The maximum atomic E-state index is 11.5. The fourth-order valence-corrected chi connectivity index (χ4v) is 2.33. The second-order valence-electron chi connectivity index (χ2n) is 5.39. The molecular formula is C13H22O. The molecule has 1 aliphatic rings. The van der Waals surface area contributed by atoms with E-state index in [4.69, 9.17) is 0 Å². The lowest BCUT2D eigenvalue weighted by Gasteiger charge is -2.31. The number of rotatable bonds is 3. The summed E-state index contributed by atoms with van der Waals surface area (Å²) in [4.78, 5) is 11.5. The largest absolute Gasteiger partial charge is 0.295 e. The van der Waals surface area contributed by atoms with Crippen molar-refractivity contribution in [3.8, 4) is 0 Å². The predicted molar refractivity (Wildman–Crippen MR) is 60.2 cm³/mol. The Balaban J connectivity index is 2.73. The molecule has 0 saturated carbocycles. The van der Waals surface area contributed by atoms with Gasteiger partial charge in [-0.1, -0.05) is 39.7 Å². The van der Waals surface area contributed by atoms with Crippen LogP contribution in [0.2, 0.25) is 0 Å². The van der Waals surface area contributed by atoms with Crippen LogP contribution in [0.3, 0.4) is 0 Å². The van der Waals surface area contributed by atoms with Crippen molar-refractivity contribution < 1.29 is 4.79 Å². The fraction of sp³-hybridized carbons (Fsp3) is 0.769. The second kappa shape index (κ2) is 4.29. The van der Waals surface area contributed by atoms with E-state index in [0.717, 1.165) is 12.8 Å². The van der Waals surface area contributed by atoms with Gasteiger partial charge in [-0.25, -0.2) is 0 Å². The molecule has 0 aromatic carbocycles. The molecule has 0 heterocycles. The minimum Gasteiger partial charge on any atom is -0.295 e. The topological polar surface area (TPSA) is 17.1 Å². The summed E-state index contributed by atoms with van der Waals surface area (Å²) in [6.07, 6.45) is 6.11. The standard InChI is InChI=1S/C13H22O/c1-5-6-10(2)11-7-12(14)9-13(3,4)8-11/h7,10H,5-6,8-9H2,1-4H3. The highest BCUT2D eigenvalue weighted by molar-refractivity contribution is 5.91. The third kappa shape index (κ3) is 2.97. The highest BCUT2D eigenvalue weighted by Gasteiger charge is 2.28. The van der Waals surface area contributed by atoms with Crippen molar-refractivity contribution >= 4 is 5.78 Å². The Morgan fingerprint density at radius 2 is 2.07 bits per heavy atom. The van der Waals surface area contributed by atoms with Crippen LogP contribution in [0.5, 0.6) is 0 Å². The van der Waals surface area contributed by atoms with Crippen LogP contribution in [0.15, 0.2) is 11.6 Å². The van der Waals surface area contributed by atoms with Crippen molar-refractivity contribution in [1.29, 1.82) is 0 Å². The Hall–Kier alpha value is -0.590. The normalized spacial score (nSPS) is 23.1. The molecule has 1 rings (SSSR count). The third-order valence-electron chi connectivity index (χ3n) is 3.04.